The number of rotatable bonds is 6. The molecule has 2 aromatic rings. The van der Waals surface area contributed by atoms with Gasteiger partial charge in [-0.25, -0.2) is 0 Å². The Morgan fingerprint density at radius 2 is 1.96 bits per heavy atom. The maximum atomic E-state index is 6.06. The van der Waals surface area contributed by atoms with Gasteiger partial charge in [-0.05, 0) is 12.1 Å². The third kappa shape index (κ3) is 5.47. The molecule has 6 nitrogen and oxygen atoms in total. The van der Waals surface area contributed by atoms with Crippen LogP contribution in [0.4, 0.5) is 0 Å². The first kappa shape index (κ1) is 18.7. The van der Waals surface area contributed by atoms with Crippen molar-refractivity contribution in [3.8, 4) is 5.75 Å². The molecule has 0 aliphatic carbocycles. The molecule has 0 spiro atoms. The maximum absolute atomic E-state index is 6.06. The molecule has 0 aliphatic heterocycles. The van der Waals surface area contributed by atoms with Gasteiger partial charge in [0.05, 0.1) is 22.8 Å². The Labute approximate surface area is 155 Å². The molecule has 1 heterocycles. The number of halogens is 3. The molecular formula is C15H18Cl3N5O. The number of hydrogen-bond donors (Lipinski definition) is 2. The quantitative estimate of drug-likeness (QED) is 0.452. The lowest BCUT2D eigenvalue weighted by Crippen LogP contribution is -2.38. The molecule has 0 radical (unpaired) electrons. The predicted octanol–water partition coefficient (Wildman–Crippen LogP) is 3.12. The van der Waals surface area contributed by atoms with Gasteiger partial charge in [0.15, 0.2) is 11.7 Å². The smallest absolute Gasteiger partial charge is 0.191 e. The minimum atomic E-state index is 0.370. The van der Waals surface area contributed by atoms with Gasteiger partial charge >= 0.3 is 0 Å². The minimum Gasteiger partial charge on any atom is -0.489 e. The second-order valence-corrected chi connectivity index (χ2v) is 6.17. The first-order valence-electron chi connectivity index (χ1n) is 7.19. The van der Waals surface area contributed by atoms with Crippen molar-refractivity contribution in [3.05, 3.63) is 45.2 Å². The molecular weight excluding hydrogens is 373 g/mol. The number of guanidine groups is 1. The van der Waals surface area contributed by atoms with Crippen LogP contribution in [0.3, 0.4) is 0 Å². The molecule has 0 saturated carbocycles. The number of nitrogens with one attached hydrogen (secondary N) is 2. The zero-order valence-electron chi connectivity index (χ0n) is 13.3. The van der Waals surface area contributed by atoms with Gasteiger partial charge in [0.25, 0.3) is 0 Å². The standard InChI is InChI=1S/C15H18Cl3N5O/c1-19-15(21-7-10-8-22-23(2)9-10)20-3-4-24-14-12(17)5-11(16)6-13(14)18/h5-6,8-9H,3-4,7H2,1-2H3,(H2,19,20,21). The summed E-state index contributed by atoms with van der Waals surface area (Å²) in [5.41, 5.74) is 1.07. The molecule has 1 aromatic carbocycles. The van der Waals surface area contributed by atoms with Crippen molar-refractivity contribution in [3.63, 3.8) is 0 Å². The van der Waals surface area contributed by atoms with Gasteiger partial charge in [0, 0.05) is 37.4 Å². The third-order valence-corrected chi connectivity index (χ3v) is 3.83. The van der Waals surface area contributed by atoms with Crippen molar-refractivity contribution in [2.45, 2.75) is 6.54 Å². The van der Waals surface area contributed by atoms with Gasteiger partial charge in [-0.1, -0.05) is 34.8 Å². The van der Waals surface area contributed by atoms with Gasteiger partial charge in [-0.2, -0.15) is 5.10 Å². The molecule has 2 N–H and O–H groups in total. The van der Waals surface area contributed by atoms with Crippen LogP contribution < -0.4 is 15.4 Å². The average molecular weight is 391 g/mol. The highest BCUT2D eigenvalue weighted by Crippen LogP contribution is 2.35. The predicted molar refractivity (Wildman–Crippen MR) is 98.4 cm³/mol. The first-order chi connectivity index (χ1) is 11.5. The van der Waals surface area contributed by atoms with Crippen LogP contribution in [-0.4, -0.2) is 35.9 Å². The summed E-state index contributed by atoms with van der Waals surface area (Å²) in [6.45, 7) is 1.53. The fourth-order valence-electron chi connectivity index (χ4n) is 1.96. The van der Waals surface area contributed by atoms with E-state index in [1.807, 2.05) is 13.2 Å². The van der Waals surface area contributed by atoms with Crippen LogP contribution in [0, 0.1) is 0 Å². The summed E-state index contributed by atoms with van der Waals surface area (Å²) in [5, 5.41) is 11.7. The van der Waals surface area contributed by atoms with E-state index in [9.17, 15) is 0 Å². The Morgan fingerprint density at radius 3 is 2.54 bits per heavy atom. The Kier molecular flexibility index (Phi) is 7.02. The number of aromatic nitrogens is 2. The highest BCUT2D eigenvalue weighted by molar-refractivity contribution is 6.40. The maximum Gasteiger partial charge on any atom is 0.191 e. The van der Waals surface area contributed by atoms with Gasteiger partial charge in [-0.15, -0.1) is 0 Å². The second kappa shape index (κ2) is 9.01. The molecule has 0 fully saturated rings. The largest absolute Gasteiger partial charge is 0.489 e. The van der Waals surface area contributed by atoms with Crippen molar-refractivity contribution in [1.29, 1.82) is 0 Å². The number of ether oxygens (including phenoxy) is 1. The normalized spacial score (nSPS) is 11.5. The van der Waals surface area contributed by atoms with Crippen molar-refractivity contribution in [1.82, 2.24) is 20.4 Å². The lowest BCUT2D eigenvalue weighted by atomic mass is 10.3. The Morgan fingerprint density at radius 1 is 1.25 bits per heavy atom. The third-order valence-electron chi connectivity index (χ3n) is 3.05. The monoisotopic (exact) mass is 389 g/mol. The van der Waals surface area contributed by atoms with Gasteiger partial charge in [-0.3, -0.25) is 9.67 Å². The summed E-state index contributed by atoms with van der Waals surface area (Å²) in [6.07, 6.45) is 3.74. The van der Waals surface area contributed by atoms with E-state index in [0.717, 1.165) is 5.56 Å². The number of aryl methyl sites for hydroxylation is 1. The summed E-state index contributed by atoms with van der Waals surface area (Å²) in [6, 6.07) is 3.18. The second-order valence-electron chi connectivity index (χ2n) is 4.92. The summed E-state index contributed by atoms with van der Waals surface area (Å²) in [7, 11) is 3.58. The molecule has 0 atom stereocenters. The minimum absolute atomic E-state index is 0.370. The summed E-state index contributed by atoms with van der Waals surface area (Å²) in [4.78, 5) is 4.14. The van der Waals surface area contributed by atoms with Gasteiger partial charge in [0.2, 0.25) is 0 Å². The SMILES string of the molecule is CN=C(NCCOc1c(Cl)cc(Cl)cc1Cl)NCc1cnn(C)c1. The Balaban J connectivity index is 1.76. The van der Waals surface area contributed by atoms with Crippen LogP contribution in [0.25, 0.3) is 0 Å². The molecule has 0 aliphatic rings. The number of benzene rings is 1. The van der Waals surface area contributed by atoms with E-state index in [1.165, 1.54) is 0 Å². The number of aliphatic imine (C=N–C) groups is 1. The molecule has 9 heteroatoms. The summed E-state index contributed by atoms with van der Waals surface area (Å²) in [5.74, 6) is 1.08. The van der Waals surface area contributed by atoms with E-state index < -0.39 is 0 Å². The summed E-state index contributed by atoms with van der Waals surface area (Å²) < 4.78 is 7.35. The van der Waals surface area contributed by atoms with E-state index in [2.05, 4.69) is 20.7 Å². The number of hydrogen-bond acceptors (Lipinski definition) is 3. The van der Waals surface area contributed by atoms with Crippen molar-refractivity contribution in [2.24, 2.45) is 12.0 Å². The zero-order valence-corrected chi connectivity index (χ0v) is 15.6. The van der Waals surface area contributed by atoms with Crippen LogP contribution in [0.5, 0.6) is 5.75 Å². The van der Waals surface area contributed by atoms with Crippen LogP contribution in [-0.2, 0) is 13.6 Å². The van der Waals surface area contributed by atoms with Crippen LogP contribution >= 0.6 is 34.8 Å². The fraction of sp³-hybridized carbons (Fsp3) is 0.333. The van der Waals surface area contributed by atoms with Crippen molar-refractivity contribution in [2.75, 3.05) is 20.2 Å². The van der Waals surface area contributed by atoms with E-state index >= 15 is 0 Å². The van der Waals surface area contributed by atoms with Gasteiger partial charge < -0.3 is 15.4 Å². The van der Waals surface area contributed by atoms with Crippen LogP contribution in [0.1, 0.15) is 5.56 Å². The highest BCUT2D eigenvalue weighted by atomic mass is 35.5. The zero-order chi connectivity index (χ0) is 17.5. The molecule has 1 aromatic heterocycles. The Bertz CT molecular complexity index is 694. The molecule has 0 saturated heterocycles. The van der Waals surface area contributed by atoms with Crippen molar-refractivity contribution < 1.29 is 4.74 Å². The van der Waals surface area contributed by atoms with Crippen LogP contribution in [0.15, 0.2) is 29.5 Å². The molecule has 2 rings (SSSR count). The van der Waals surface area contributed by atoms with Crippen LogP contribution in [0.2, 0.25) is 15.1 Å². The highest BCUT2D eigenvalue weighted by Gasteiger charge is 2.09. The molecule has 130 valence electrons. The molecule has 24 heavy (non-hydrogen) atoms. The van der Waals surface area contributed by atoms with Crippen molar-refractivity contribution >= 4 is 40.8 Å². The fourth-order valence-corrected chi connectivity index (χ4v) is 2.89. The molecule has 0 unspecified atom stereocenters. The van der Waals surface area contributed by atoms with Gasteiger partial charge in [0.1, 0.15) is 6.61 Å². The topological polar surface area (TPSA) is 63.5 Å². The molecule has 0 amide bonds. The molecule has 0 bridgehead atoms. The lowest BCUT2D eigenvalue weighted by molar-refractivity contribution is 0.322. The number of nitrogens with zero attached hydrogens (tertiary/aromatic N) is 3. The van der Waals surface area contributed by atoms with E-state index in [-0.39, 0.29) is 0 Å². The summed E-state index contributed by atoms with van der Waals surface area (Å²) >= 11 is 18.0. The Hall–Kier alpha value is -1.63. The first-order valence-corrected chi connectivity index (χ1v) is 8.32. The van der Waals surface area contributed by atoms with E-state index in [1.54, 1.807) is 30.1 Å². The lowest BCUT2D eigenvalue weighted by Gasteiger charge is -2.13. The average Bonchev–Trinajstić information content (AvgIpc) is 2.94. The van der Waals surface area contributed by atoms with E-state index in [0.29, 0.717) is 46.5 Å². The van der Waals surface area contributed by atoms with E-state index in [4.69, 9.17) is 39.5 Å².